The summed E-state index contributed by atoms with van der Waals surface area (Å²) in [5.74, 6) is -0.102. The summed E-state index contributed by atoms with van der Waals surface area (Å²) in [6.45, 7) is 2.67. The molecule has 1 N–H and O–H groups in total. The van der Waals surface area contributed by atoms with Crippen molar-refractivity contribution in [3.63, 3.8) is 0 Å². The van der Waals surface area contributed by atoms with E-state index in [0.717, 1.165) is 5.56 Å². The van der Waals surface area contributed by atoms with Gasteiger partial charge in [-0.15, -0.1) is 0 Å². The van der Waals surface area contributed by atoms with Crippen LogP contribution in [0.2, 0.25) is 0 Å². The number of hydrogen-bond acceptors (Lipinski definition) is 6. The van der Waals surface area contributed by atoms with Crippen molar-refractivity contribution in [3.05, 3.63) is 53.6 Å². The normalized spacial score (nSPS) is 18.2. The fraction of sp³-hybridized carbons (Fsp3) is 0.389. The van der Waals surface area contributed by atoms with Crippen molar-refractivity contribution in [1.29, 1.82) is 0 Å². The van der Waals surface area contributed by atoms with Gasteiger partial charge in [0.2, 0.25) is 5.95 Å². The highest BCUT2D eigenvalue weighted by Crippen LogP contribution is 2.19. The van der Waals surface area contributed by atoms with Gasteiger partial charge in [-0.05, 0) is 31.0 Å². The van der Waals surface area contributed by atoms with E-state index in [2.05, 4.69) is 15.3 Å². The number of rotatable bonds is 6. The number of aromatic nitrogens is 2. The number of halogens is 1. The fourth-order valence-corrected chi connectivity index (χ4v) is 4.80. The third-order valence-electron chi connectivity index (χ3n) is 4.51. The van der Waals surface area contributed by atoms with E-state index >= 15 is 0 Å². The number of benzene rings is 1. The van der Waals surface area contributed by atoms with Crippen molar-refractivity contribution in [2.75, 3.05) is 23.4 Å². The molecule has 1 fully saturated rings. The Bertz CT molecular complexity index is 901. The third kappa shape index (κ3) is 4.79. The van der Waals surface area contributed by atoms with Crippen LogP contribution in [0, 0.1) is 5.82 Å². The highest BCUT2D eigenvalue weighted by molar-refractivity contribution is 7.91. The molecule has 1 aliphatic rings. The van der Waals surface area contributed by atoms with Crippen LogP contribution in [-0.2, 0) is 16.4 Å². The lowest BCUT2D eigenvalue weighted by Gasteiger charge is -2.26. The molecule has 1 atom stereocenters. The lowest BCUT2D eigenvalue weighted by Crippen LogP contribution is -2.41. The van der Waals surface area contributed by atoms with Crippen LogP contribution in [0.4, 0.5) is 10.3 Å². The number of carbonyl (C=O) groups excluding carboxylic acids is 1. The predicted molar refractivity (Wildman–Crippen MR) is 99.5 cm³/mol. The smallest absolute Gasteiger partial charge is 0.257 e. The molecule has 0 saturated carbocycles. The molecule has 9 heteroatoms. The van der Waals surface area contributed by atoms with E-state index in [1.165, 1.54) is 24.5 Å². The Morgan fingerprint density at radius 3 is 2.48 bits per heavy atom. The number of carbonyl (C=O) groups is 1. The highest BCUT2D eigenvalue weighted by atomic mass is 32.2. The van der Waals surface area contributed by atoms with Crippen LogP contribution < -0.4 is 5.32 Å². The summed E-state index contributed by atoms with van der Waals surface area (Å²) in [4.78, 5) is 22.5. The first-order valence-corrected chi connectivity index (χ1v) is 10.5. The fourth-order valence-electron chi connectivity index (χ4n) is 3.07. The number of amides is 1. The molecule has 0 aliphatic carbocycles. The van der Waals surface area contributed by atoms with Crippen LogP contribution in [0.25, 0.3) is 0 Å². The van der Waals surface area contributed by atoms with Gasteiger partial charge in [-0.2, -0.15) is 0 Å². The topological polar surface area (TPSA) is 92.3 Å². The van der Waals surface area contributed by atoms with E-state index in [4.69, 9.17) is 0 Å². The van der Waals surface area contributed by atoms with Gasteiger partial charge in [-0.25, -0.2) is 22.8 Å². The van der Waals surface area contributed by atoms with Crippen molar-refractivity contribution in [1.82, 2.24) is 14.9 Å². The average Bonchev–Trinajstić information content (AvgIpc) is 3.02. The molecule has 0 radical (unpaired) electrons. The first-order chi connectivity index (χ1) is 12.9. The van der Waals surface area contributed by atoms with E-state index < -0.39 is 9.84 Å². The third-order valence-corrected chi connectivity index (χ3v) is 6.26. The summed E-state index contributed by atoms with van der Waals surface area (Å²) in [7, 11) is -3.07. The molecule has 0 bridgehead atoms. The van der Waals surface area contributed by atoms with E-state index in [0.29, 0.717) is 31.0 Å². The van der Waals surface area contributed by atoms with E-state index in [-0.39, 0.29) is 29.3 Å². The second kappa shape index (κ2) is 7.99. The highest BCUT2D eigenvalue weighted by Gasteiger charge is 2.34. The van der Waals surface area contributed by atoms with Gasteiger partial charge in [0.1, 0.15) is 5.82 Å². The number of nitrogens with zero attached hydrogens (tertiary/aromatic N) is 3. The van der Waals surface area contributed by atoms with Crippen LogP contribution in [0.15, 0.2) is 36.7 Å². The van der Waals surface area contributed by atoms with E-state index in [1.54, 1.807) is 17.0 Å². The number of nitrogens with one attached hydrogen (secondary N) is 1. The summed E-state index contributed by atoms with van der Waals surface area (Å²) in [6.07, 6.45) is 3.31. The quantitative estimate of drug-likeness (QED) is 0.807. The van der Waals surface area contributed by atoms with Crippen molar-refractivity contribution in [3.8, 4) is 0 Å². The van der Waals surface area contributed by atoms with E-state index in [9.17, 15) is 17.6 Å². The van der Waals surface area contributed by atoms with Gasteiger partial charge in [-0.3, -0.25) is 4.79 Å². The van der Waals surface area contributed by atoms with Gasteiger partial charge in [-0.1, -0.05) is 12.1 Å². The Labute approximate surface area is 157 Å². The Morgan fingerprint density at radius 2 is 1.93 bits per heavy atom. The molecular formula is C18H21FN4O3S. The Morgan fingerprint density at radius 1 is 1.26 bits per heavy atom. The van der Waals surface area contributed by atoms with Gasteiger partial charge in [0.15, 0.2) is 9.84 Å². The molecular weight excluding hydrogens is 371 g/mol. The van der Waals surface area contributed by atoms with Gasteiger partial charge in [0, 0.05) is 31.5 Å². The Hall–Kier alpha value is -2.55. The zero-order chi connectivity index (χ0) is 19.4. The summed E-state index contributed by atoms with van der Waals surface area (Å²) in [5, 5.41) is 3.01. The van der Waals surface area contributed by atoms with Crippen LogP contribution in [0.3, 0.4) is 0 Å². The number of anilines is 1. The first-order valence-electron chi connectivity index (χ1n) is 8.69. The van der Waals surface area contributed by atoms with E-state index in [1.807, 2.05) is 6.92 Å². The monoisotopic (exact) mass is 392 g/mol. The minimum absolute atomic E-state index is 0.00471. The minimum atomic E-state index is -3.07. The molecule has 144 valence electrons. The second-order valence-electron chi connectivity index (χ2n) is 6.42. The molecule has 1 aromatic heterocycles. The number of sulfone groups is 1. The molecule has 0 spiro atoms. The average molecular weight is 392 g/mol. The van der Waals surface area contributed by atoms with Crippen molar-refractivity contribution < 1.29 is 17.6 Å². The SMILES string of the molecule is CCN(C(=O)c1cnc(NCc2ccc(F)cc2)nc1)C1CCS(=O)(=O)C1. The van der Waals surface area contributed by atoms with Gasteiger partial charge in [0.05, 0.1) is 17.1 Å². The minimum Gasteiger partial charge on any atom is -0.350 e. The van der Waals surface area contributed by atoms with Crippen molar-refractivity contribution in [2.24, 2.45) is 0 Å². The van der Waals surface area contributed by atoms with Crippen molar-refractivity contribution >= 4 is 21.7 Å². The predicted octanol–water partition coefficient (Wildman–Crippen LogP) is 1.88. The number of hydrogen-bond donors (Lipinski definition) is 1. The zero-order valence-electron chi connectivity index (χ0n) is 14.9. The lowest BCUT2D eigenvalue weighted by atomic mass is 10.2. The summed E-state index contributed by atoms with van der Waals surface area (Å²) < 4.78 is 36.3. The molecule has 2 heterocycles. The van der Waals surface area contributed by atoms with Crippen LogP contribution >= 0.6 is 0 Å². The Balaban J connectivity index is 1.63. The standard InChI is InChI=1S/C18H21FN4O3S/c1-2-23(16-7-8-27(25,26)12-16)17(24)14-10-21-18(22-11-14)20-9-13-3-5-15(19)6-4-13/h3-6,10-11,16H,2,7-9,12H2,1H3,(H,20,21,22). The maximum atomic E-state index is 12.9. The summed E-state index contributed by atoms with van der Waals surface area (Å²) in [5.41, 5.74) is 1.19. The molecule has 1 aliphatic heterocycles. The molecule has 3 rings (SSSR count). The second-order valence-corrected chi connectivity index (χ2v) is 8.65. The van der Waals surface area contributed by atoms with Gasteiger partial charge in [0.25, 0.3) is 5.91 Å². The van der Waals surface area contributed by atoms with Gasteiger partial charge < -0.3 is 10.2 Å². The molecule has 1 amide bonds. The Kier molecular flexibility index (Phi) is 5.69. The maximum absolute atomic E-state index is 12.9. The molecule has 1 aromatic carbocycles. The molecule has 2 aromatic rings. The zero-order valence-corrected chi connectivity index (χ0v) is 15.7. The van der Waals surface area contributed by atoms with Crippen molar-refractivity contribution in [2.45, 2.75) is 25.9 Å². The summed E-state index contributed by atoms with van der Waals surface area (Å²) in [6, 6.07) is 5.78. The molecule has 1 unspecified atom stereocenters. The molecule has 7 nitrogen and oxygen atoms in total. The first kappa shape index (κ1) is 19.2. The lowest BCUT2D eigenvalue weighted by molar-refractivity contribution is 0.0707. The maximum Gasteiger partial charge on any atom is 0.257 e. The molecule has 1 saturated heterocycles. The van der Waals surface area contributed by atoms with Gasteiger partial charge >= 0.3 is 0 Å². The largest absolute Gasteiger partial charge is 0.350 e. The summed E-state index contributed by atoms with van der Waals surface area (Å²) >= 11 is 0. The molecule has 27 heavy (non-hydrogen) atoms. The van der Waals surface area contributed by atoms with Crippen LogP contribution in [0.5, 0.6) is 0 Å². The van der Waals surface area contributed by atoms with Crippen LogP contribution in [0.1, 0.15) is 29.3 Å². The van der Waals surface area contributed by atoms with Crippen LogP contribution in [-0.4, -0.2) is 53.3 Å².